The van der Waals surface area contributed by atoms with Crippen LogP contribution in [0.1, 0.15) is 38.0 Å². The van der Waals surface area contributed by atoms with Gasteiger partial charge in [-0.2, -0.15) is 5.26 Å². The number of benzene rings is 2. The van der Waals surface area contributed by atoms with Crippen LogP contribution in [0.3, 0.4) is 0 Å². The normalized spacial score (nSPS) is 23.1. The summed E-state index contributed by atoms with van der Waals surface area (Å²) in [7, 11) is 1.92. The molecule has 1 amide bonds. The Morgan fingerprint density at radius 3 is 2.78 bits per heavy atom. The maximum absolute atomic E-state index is 13.1. The predicted molar refractivity (Wildman–Crippen MR) is 140 cm³/mol. The lowest BCUT2D eigenvalue weighted by Crippen LogP contribution is -2.53. The van der Waals surface area contributed by atoms with Gasteiger partial charge < -0.3 is 19.6 Å². The van der Waals surface area contributed by atoms with Gasteiger partial charge in [0, 0.05) is 17.6 Å². The van der Waals surface area contributed by atoms with Crippen LogP contribution in [-0.4, -0.2) is 59.4 Å². The van der Waals surface area contributed by atoms with Gasteiger partial charge in [-0.3, -0.25) is 14.6 Å². The Kier molecular flexibility index (Phi) is 7.06. The van der Waals surface area contributed by atoms with E-state index in [4.69, 9.17) is 9.15 Å². The predicted octanol–water partition coefficient (Wildman–Crippen LogP) is 4.06. The summed E-state index contributed by atoms with van der Waals surface area (Å²) in [4.78, 5) is 16.9. The monoisotopic (exact) mass is 502 g/mol. The molecule has 2 aromatic carbocycles. The molecule has 2 N–H and O–H groups in total. The van der Waals surface area contributed by atoms with E-state index in [9.17, 15) is 15.2 Å². The smallest absolute Gasteiger partial charge is 0.236 e. The number of likely N-dealkylation sites (N-methyl/N-ethyl adjacent to an activating group) is 1. The molecule has 3 heterocycles. The molecule has 4 atom stereocenters. The first-order valence-corrected chi connectivity index (χ1v) is 12.8. The first-order chi connectivity index (χ1) is 17.8. The van der Waals surface area contributed by atoms with E-state index in [1.54, 1.807) is 4.90 Å². The molecule has 2 aliphatic rings. The number of aliphatic hydroxyl groups excluding tert-OH is 1. The molecule has 194 valence electrons. The second-order valence-electron chi connectivity index (χ2n) is 10.7. The van der Waals surface area contributed by atoms with Gasteiger partial charge in [-0.15, -0.1) is 0 Å². The number of para-hydroxylation sites is 2. The van der Waals surface area contributed by atoms with Gasteiger partial charge in [0.25, 0.3) is 0 Å². The summed E-state index contributed by atoms with van der Waals surface area (Å²) < 4.78 is 11.8. The summed E-state index contributed by atoms with van der Waals surface area (Å²) in [6.45, 7) is 5.10. The van der Waals surface area contributed by atoms with Gasteiger partial charge in [0.2, 0.25) is 5.91 Å². The van der Waals surface area contributed by atoms with Crippen molar-refractivity contribution in [3.63, 3.8) is 0 Å². The van der Waals surface area contributed by atoms with Crippen LogP contribution in [-0.2, 0) is 21.6 Å². The molecule has 1 aromatic heterocycles. The molecule has 1 fully saturated rings. The second kappa shape index (κ2) is 10.3. The van der Waals surface area contributed by atoms with Crippen molar-refractivity contribution in [1.82, 2.24) is 9.80 Å². The molecule has 8 heteroatoms. The summed E-state index contributed by atoms with van der Waals surface area (Å²) in [6, 6.07) is 18.9. The number of fused-ring (bicyclic) bond motifs is 3. The lowest BCUT2D eigenvalue weighted by atomic mass is 9.80. The number of amides is 1. The number of furan rings is 1. The van der Waals surface area contributed by atoms with Gasteiger partial charge in [0.1, 0.15) is 30.2 Å². The Bertz CT molecular complexity index is 1280. The van der Waals surface area contributed by atoms with E-state index in [1.165, 1.54) is 0 Å². The molecule has 1 spiro atoms. The van der Waals surface area contributed by atoms with Crippen LogP contribution in [0.5, 0.6) is 0 Å². The lowest BCUT2D eigenvalue weighted by molar-refractivity contribution is -0.121. The number of ether oxygens (including phenoxy) is 1. The van der Waals surface area contributed by atoms with Crippen LogP contribution in [0, 0.1) is 17.2 Å². The Balaban J connectivity index is 1.30. The Hall–Kier alpha value is -3.22. The van der Waals surface area contributed by atoms with Crippen molar-refractivity contribution >= 4 is 22.6 Å². The summed E-state index contributed by atoms with van der Waals surface area (Å²) in [5.74, 6) is 0.948. The maximum atomic E-state index is 13.1. The van der Waals surface area contributed by atoms with Crippen molar-refractivity contribution in [2.45, 2.75) is 57.0 Å². The molecule has 0 bridgehead atoms. The highest BCUT2D eigenvalue weighted by molar-refractivity contribution is 6.06. The van der Waals surface area contributed by atoms with Crippen molar-refractivity contribution in [2.24, 2.45) is 5.92 Å². The minimum atomic E-state index is -0.938. The standard InChI is InChI=1S/C29H34N4O4/c1-19(2)12-25(32(3)18-36-16-22-13-20-8-4-7-11-26(20)37-22)27(34)33-17-29(14-21(33)15-30)23-9-5-6-10-24(23)31-28(29)35/h4-11,13,19,21,25,27,34H,12,14,16-18H2,1-3H3,(H,31,35)/t21-,25-,27?,29-/m0/s1. The van der Waals surface area contributed by atoms with Crippen LogP contribution in [0.15, 0.2) is 59.0 Å². The van der Waals surface area contributed by atoms with Crippen LogP contribution in [0.2, 0.25) is 0 Å². The van der Waals surface area contributed by atoms with Gasteiger partial charge >= 0.3 is 0 Å². The minimum absolute atomic E-state index is 0.105. The quantitative estimate of drug-likeness (QED) is 0.426. The van der Waals surface area contributed by atoms with E-state index in [0.29, 0.717) is 25.4 Å². The van der Waals surface area contributed by atoms with Gasteiger partial charge in [-0.05, 0) is 49.6 Å². The van der Waals surface area contributed by atoms with Crippen LogP contribution in [0.4, 0.5) is 5.69 Å². The number of hydrogen-bond donors (Lipinski definition) is 2. The van der Waals surface area contributed by atoms with Crippen LogP contribution < -0.4 is 5.32 Å². The van der Waals surface area contributed by atoms with Crippen molar-refractivity contribution in [1.29, 1.82) is 5.26 Å². The van der Waals surface area contributed by atoms with Crippen molar-refractivity contribution in [2.75, 3.05) is 25.6 Å². The number of nitriles is 1. The van der Waals surface area contributed by atoms with E-state index >= 15 is 0 Å². The third kappa shape index (κ3) is 4.76. The Labute approximate surface area is 217 Å². The van der Waals surface area contributed by atoms with E-state index in [-0.39, 0.29) is 25.2 Å². The van der Waals surface area contributed by atoms with E-state index < -0.39 is 17.7 Å². The van der Waals surface area contributed by atoms with Gasteiger partial charge in [-0.25, -0.2) is 0 Å². The zero-order valence-corrected chi connectivity index (χ0v) is 21.6. The third-order valence-electron chi connectivity index (χ3n) is 7.65. The molecule has 2 aliphatic heterocycles. The van der Waals surface area contributed by atoms with Crippen molar-refractivity contribution in [3.8, 4) is 6.07 Å². The molecule has 0 aliphatic carbocycles. The van der Waals surface area contributed by atoms with Crippen LogP contribution in [0.25, 0.3) is 11.0 Å². The zero-order valence-electron chi connectivity index (χ0n) is 21.6. The highest BCUT2D eigenvalue weighted by Crippen LogP contribution is 2.47. The lowest BCUT2D eigenvalue weighted by Gasteiger charge is -2.38. The fraction of sp³-hybridized carbons (Fsp3) is 0.448. The number of carbonyl (C=O) groups is 1. The van der Waals surface area contributed by atoms with Crippen LogP contribution >= 0.6 is 0 Å². The first-order valence-electron chi connectivity index (χ1n) is 12.8. The number of nitrogens with zero attached hydrogens (tertiary/aromatic N) is 3. The molecule has 8 nitrogen and oxygen atoms in total. The Morgan fingerprint density at radius 2 is 2.03 bits per heavy atom. The average Bonchev–Trinajstić information content (AvgIpc) is 3.56. The fourth-order valence-corrected chi connectivity index (χ4v) is 5.79. The first kappa shape index (κ1) is 25.4. The molecule has 0 saturated carbocycles. The van der Waals surface area contributed by atoms with Gasteiger partial charge in [0.15, 0.2) is 0 Å². The van der Waals surface area contributed by atoms with Crippen molar-refractivity contribution in [3.05, 3.63) is 65.9 Å². The molecular weight excluding hydrogens is 468 g/mol. The van der Waals surface area contributed by atoms with Crippen molar-refractivity contribution < 1.29 is 19.1 Å². The number of anilines is 1. The number of nitrogens with one attached hydrogen (secondary N) is 1. The average molecular weight is 503 g/mol. The molecule has 1 unspecified atom stereocenters. The SMILES string of the molecule is CC(C)C[C@@H](C(O)N1C[C@]2(C[C@H]1C#N)C(=O)Nc1ccccc12)N(C)COCc1cc2ccccc2o1. The second-order valence-corrected chi connectivity index (χ2v) is 10.7. The summed E-state index contributed by atoms with van der Waals surface area (Å²) >= 11 is 0. The minimum Gasteiger partial charge on any atom is -0.459 e. The molecule has 37 heavy (non-hydrogen) atoms. The number of aliphatic hydroxyl groups is 1. The number of carbonyl (C=O) groups excluding carboxylic acids is 1. The highest BCUT2D eigenvalue weighted by Gasteiger charge is 2.56. The topological polar surface area (TPSA) is 102 Å². The largest absolute Gasteiger partial charge is 0.459 e. The molecule has 5 rings (SSSR count). The molecule has 1 saturated heterocycles. The fourth-order valence-electron chi connectivity index (χ4n) is 5.79. The summed E-state index contributed by atoms with van der Waals surface area (Å²) in [6.07, 6.45) is 0.118. The summed E-state index contributed by atoms with van der Waals surface area (Å²) in [5, 5.41) is 25.7. The van der Waals surface area contributed by atoms with Gasteiger partial charge in [0.05, 0.1) is 24.3 Å². The highest BCUT2D eigenvalue weighted by atomic mass is 16.5. The van der Waals surface area contributed by atoms with E-state index in [0.717, 1.165) is 28.0 Å². The molecule has 0 radical (unpaired) electrons. The number of likely N-dealkylation sites (tertiary alicyclic amines) is 1. The maximum Gasteiger partial charge on any atom is 0.236 e. The zero-order chi connectivity index (χ0) is 26.2. The van der Waals surface area contributed by atoms with Gasteiger partial charge in [-0.1, -0.05) is 50.2 Å². The third-order valence-corrected chi connectivity index (χ3v) is 7.65. The van der Waals surface area contributed by atoms with E-state index in [1.807, 2.05) is 66.5 Å². The summed E-state index contributed by atoms with van der Waals surface area (Å²) in [5.41, 5.74) is 1.68. The molecular formula is C29H34N4O4. The van der Waals surface area contributed by atoms with E-state index in [2.05, 4.69) is 25.2 Å². The number of rotatable bonds is 9. The number of hydrogen-bond acceptors (Lipinski definition) is 7. The Morgan fingerprint density at radius 1 is 1.27 bits per heavy atom. The molecule has 3 aromatic rings.